The Morgan fingerprint density at radius 3 is 0.845 bits per heavy atom. The van der Waals surface area contributed by atoms with Gasteiger partial charge in [-0.2, -0.15) is 0 Å². The third kappa shape index (κ3) is 57.9. The van der Waals surface area contributed by atoms with Crippen molar-refractivity contribution in [2.24, 2.45) is 0 Å². The maximum Gasteiger partial charge on any atom is 0.306 e. The molecule has 0 spiro atoms. The highest BCUT2D eigenvalue weighted by atomic mass is 16.6. The Hall–Kier alpha value is -2.89. The molecule has 1 atom stereocenters. The number of carbonyl (C=O) groups is 3. The number of esters is 3. The largest absolute Gasteiger partial charge is 0.462 e. The van der Waals surface area contributed by atoms with Gasteiger partial charge < -0.3 is 14.2 Å². The van der Waals surface area contributed by atoms with Gasteiger partial charge in [-0.15, -0.1) is 0 Å². The molecule has 6 nitrogen and oxygen atoms in total. The Morgan fingerprint density at radius 2 is 0.549 bits per heavy atom. The van der Waals surface area contributed by atoms with Gasteiger partial charge in [0.2, 0.25) is 0 Å². The van der Waals surface area contributed by atoms with Gasteiger partial charge in [-0.25, -0.2) is 0 Å². The summed E-state index contributed by atoms with van der Waals surface area (Å²) in [7, 11) is 0. The summed E-state index contributed by atoms with van der Waals surface area (Å²) < 4.78 is 16.8. The van der Waals surface area contributed by atoms with Crippen LogP contribution in [0.3, 0.4) is 0 Å². The summed E-state index contributed by atoms with van der Waals surface area (Å²) in [5.41, 5.74) is 0. The fraction of sp³-hybridized carbons (Fsp3) is 0.800. The summed E-state index contributed by atoms with van der Waals surface area (Å²) >= 11 is 0. The Kier molecular flexibility index (Phi) is 57.2. The number of allylic oxidation sites excluding steroid dienone is 10. The van der Waals surface area contributed by atoms with E-state index in [2.05, 4.69) is 81.5 Å². The van der Waals surface area contributed by atoms with Crippen molar-refractivity contribution in [1.29, 1.82) is 0 Å². The molecule has 0 rings (SSSR count). The van der Waals surface area contributed by atoms with Crippen LogP contribution in [0.2, 0.25) is 0 Å². The van der Waals surface area contributed by atoms with Gasteiger partial charge in [0.05, 0.1) is 0 Å². The number of ether oxygens (including phenoxy) is 3. The van der Waals surface area contributed by atoms with Crippen molar-refractivity contribution in [3.8, 4) is 0 Å². The van der Waals surface area contributed by atoms with Crippen LogP contribution in [-0.4, -0.2) is 37.2 Å². The van der Waals surface area contributed by atoms with Crippen LogP contribution in [-0.2, 0) is 28.6 Å². The predicted octanol–water partition coefficient (Wildman–Crippen LogP) is 20.8. The fourth-order valence-corrected chi connectivity index (χ4v) is 8.95. The Labute approximate surface area is 440 Å². The van der Waals surface area contributed by atoms with E-state index in [-0.39, 0.29) is 37.5 Å². The molecule has 0 fully saturated rings. The highest BCUT2D eigenvalue weighted by molar-refractivity contribution is 5.71. The van der Waals surface area contributed by atoms with Crippen LogP contribution in [0.25, 0.3) is 0 Å². The highest BCUT2D eigenvalue weighted by Crippen LogP contribution is 2.17. The second kappa shape index (κ2) is 59.7. The van der Waals surface area contributed by atoms with Gasteiger partial charge in [0.15, 0.2) is 6.10 Å². The average Bonchev–Trinajstić information content (AvgIpc) is 3.37. The first-order valence-corrected chi connectivity index (χ1v) is 30.8. The molecule has 0 aromatic heterocycles. The third-order valence-electron chi connectivity index (χ3n) is 13.5. The van der Waals surface area contributed by atoms with E-state index >= 15 is 0 Å². The zero-order valence-electron chi connectivity index (χ0n) is 47.2. The standard InChI is InChI=1S/C65H116O6/c1-4-7-10-13-16-19-22-25-27-29-30-31-32-33-34-36-37-40-43-46-49-52-55-58-64(67)70-61-62(60-69-63(66)57-54-51-48-45-42-39-24-21-18-15-12-9-6-3)71-65(68)59-56-53-50-47-44-41-38-35-28-26-23-20-17-14-11-8-5-2/h8,11,17,20,26,28,38,41,47,50,62H,4-7,9-10,12-16,18-19,21-25,27,29-37,39-40,42-46,48-49,51-61H2,1-3H3/b11-8-,20-17-,28-26-,41-38-,50-47-. The molecular weight excluding hydrogens is 877 g/mol. The van der Waals surface area contributed by atoms with E-state index in [0.29, 0.717) is 19.3 Å². The third-order valence-corrected chi connectivity index (χ3v) is 13.5. The zero-order valence-corrected chi connectivity index (χ0v) is 47.2. The minimum Gasteiger partial charge on any atom is -0.462 e. The topological polar surface area (TPSA) is 78.9 Å². The molecule has 1 unspecified atom stereocenters. The second-order valence-corrected chi connectivity index (χ2v) is 20.6. The number of rotatable bonds is 56. The van der Waals surface area contributed by atoms with Gasteiger partial charge >= 0.3 is 17.9 Å². The molecule has 0 aliphatic rings. The normalized spacial score (nSPS) is 12.4. The van der Waals surface area contributed by atoms with Crippen LogP contribution in [0.15, 0.2) is 60.8 Å². The highest BCUT2D eigenvalue weighted by Gasteiger charge is 2.19. The molecule has 0 bridgehead atoms. The minimum atomic E-state index is -0.801. The molecule has 6 heteroatoms. The van der Waals surface area contributed by atoms with Crippen molar-refractivity contribution in [2.45, 2.75) is 322 Å². The first-order chi connectivity index (χ1) is 35.0. The molecular formula is C65H116O6. The van der Waals surface area contributed by atoms with Gasteiger partial charge in [0.1, 0.15) is 13.2 Å². The molecule has 0 saturated carbocycles. The first kappa shape index (κ1) is 68.1. The van der Waals surface area contributed by atoms with Gasteiger partial charge in [-0.1, -0.05) is 300 Å². The number of unbranched alkanes of at least 4 members (excludes halogenated alkanes) is 35. The predicted molar refractivity (Wildman–Crippen MR) is 307 cm³/mol. The van der Waals surface area contributed by atoms with Gasteiger partial charge in [0, 0.05) is 19.3 Å². The maximum atomic E-state index is 12.8. The number of hydrogen-bond acceptors (Lipinski definition) is 6. The molecule has 0 saturated heterocycles. The molecule has 0 heterocycles. The van der Waals surface area contributed by atoms with E-state index < -0.39 is 6.10 Å². The van der Waals surface area contributed by atoms with Crippen molar-refractivity contribution < 1.29 is 28.6 Å². The zero-order chi connectivity index (χ0) is 51.4. The van der Waals surface area contributed by atoms with Crippen molar-refractivity contribution in [1.82, 2.24) is 0 Å². The second-order valence-electron chi connectivity index (χ2n) is 20.6. The van der Waals surface area contributed by atoms with Gasteiger partial charge in [-0.3, -0.25) is 14.4 Å². The van der Waals surface area contributed by atoms with Gasteiger partial charge in [0.25, 0.3) is 0 Å². The van der Waals surface area contributed by atoms with E-state index in [1.807, 2.05) is 0 Å². The van der Waals surface area contributed by atoms with Crippen molar-refractivity contribution in [3.63, 3.8) is 0 Å². The van der Waals surface area contributed by atoms with Crippen molar-refractivity contribution in [2.75, 3.05) is 13.2 Å². The molecule has 412 valence electrons. The summed E-state index contributed by atoms with van der Waals surface area (Å²) in [5.74, 6) is -0.934. The number of carbonyl (C=O) groups excluding carboxylic acids is 3. The SMILES string of the molecule is CC/C=C\C/C=C\C/C=C\C/C=C\C/C=C\CCCC(=O)OC(COC(=O)CCCCCCCCCCCCCCC)COC(=O)CCCCCCCCCCCCCCCCCCCCCCCCC. The monoisotopic (exact) mass is 993 g/mol. The molecule has 0 aliphatic heterocycles. The minimum absolute atomic E-state index is 0.0925. The van der Waals surface area contributed by atoms with Gasteiger partial charge in [-0.05, 0) is 57.8 Å². The Bertz CT molecular complexity index is 1280. The molecule has 71 heavy (non-hydrogen) atoms. The molecule has 0 radical (unpaired) electrons. The lowest BCUT2D eigenvalue weighted by Crippen LogP contribution is -2.30. The number of hydrogen-bond donors (Lipinski definition) is 0. The molecule has 0 aromatic carbocycles. The van der Waals surface area contributed by atoms with Crippen LogP contribution >= 0.6 is 0 Å². The van der Waals surface area contributed by atoms with Crippen LogP contribution in [0.4, 0.5) is 0 Å². The molecule has 0 N–H and O–H groups in total. The fourth-order valence-electron chi connectivity index (χ4n) is 8.95. The molecule has 0 amide bonds. The Morgan fingerprint density at radius 1 is 0.296 bits per heavy atom. The summed E-state index contributed by atoms with van der Waals surface area (Å²) in [6.45, 7) is 6.52. The first-order valence-electron chi connectivity index (χ1n) is 30.8. The Balaban J connectivity index is 4.33. The lowest BCUT2D eigenvalue weighted by atomic mass is 10.0. The van der Waals surface area contributed by atoms with E-state index in [1.54, 1.807) is 0 Å². The van der Waals surface area contributed by atoms with Crippen LogP contribution < -0.4 is 0 Å². The van der Waals surface area contributed by atoms with E-state index in [4.69, 9.17) is 14.2 Å². The van der Waals surface area contributed by atoms with E-state index in [9.17, 15) is 14.4 Å². The summed E-state index contributed by atoms with van der Waals surface area (Å²) in [5, 5.41) is 0. The molecule has 0 aromatic rings. The van der Waals surface area contributed by atoms with Crippen LogP contribution in [0.1, 0.15) is 316 Å². The average molecular weight is 994 g/mol. The maximum absolute atomic E-state index is 12.8. The molecule has 0 aliphatic carbocycles. The van der Waals surface area contributed by atoms with Crippen molar-refractivity contribution in [3.05, 3.63) is 60.8 Å². The van der Waals surface area contributed by atoms with E-state index in [1.165, 1.54) is 193 Å². The lowest BCUT2D eigenvalue weighted by molar-refractivity contribution is -0.167. The smallest absolute Gasteiger partial charge is 0.306 e. The lowest BCUT2D eigenvalue weighted by Gasteiger charge is -2.18. The summed E-state index contributed by atoms with van der Waals surface area (Å²) in [6.07, 6.45) is 75.2. The van der Waals surface area contributed by atoms with E-state index in [0.717, 1.165) is 77.0 Å². The van der Waals surface area contributed by atoms with Crippen LogP contribution in [0.5, 0.6) is 0 Å². The van der Waals surface area contributed by atoms with Crippen LogP contribution in [0, 0.1) is 0 Å². The summed E-state index contributed by atoms with van der Waals surface area (Å²) in [4.78, 5) is 38.2. The summed E-state index contributed by atoms with van der Waals surface area (Å²) in [6, 6.07) is 0. The van der Waals surface area contributed by atoms with Crippen molar-refractivity contribution >= 4 is 17.9 Å². The quantitative estimate of drug-likeness (QED) is 0.0261.